The molecule has 0 spiro atoms. The van der Waals surface area contributed by atoms with Gasteiger partial charge in [0.15, 0.2) is 0 Å². The van der Waals surface area contributed by atoms with E-state index in [1.807, 2.05) is 48.5 Å². The van der Waals surface area contributed by atoms with Gasteiger partial charge in [-0.25, -0.2) is 0 Å². The van der Waals surface area contributed by atoms with Gasteiger partial charge >= 0.3 is 0 Å². The maximum atomic E-state index is 12.8. The fraction of sp³-hybridized carbons (Fsp3) is 0.417. The van der Waals surface area contributed by atoms with Crippen LogP contribution in [0.3, 0.4) is 0 Å². The Hall–Kier alpha value is -3.22. The first-order chi connectivity index (χ1) is 15.0. The first-order valence-electron chi connectivity index (χ1n) is 10.8. The molecule has 1 aliphatic heterocycles. The summed E-state index contributed by atoms with van der Waals surface area (Å²) in [4.78, 5) is 45.6. The predicted octanol–water partition coefficient (Wildman–Crippen LogP) is 2.34. The Morgan fingerprint density at radius 2 is 1.84 bits per heavy atom. The standard InChI is InChI=1S/C24H30N4O3/c1-19(29)28-16-7-15-27(24(31)12-11-21-10-5-6-13-25-21)17-14-26-23(30)18-22(28)20-8-3-2-4-9-20/h2-6,8-10,13,22H,7,11-12,14-18H2,1H3,(H,26,30). The monoisotopic (exact) mass is 422 g/mol. The van der Waals surface area contributed by atoms with Crippen molar-refractivity contribution in [1.82, 2.24) is 20.1 Å². The second kappa shape index (κ2) is 11.2. The molecule has 1 N–H and O–H groups in total. The molecule has 1 aromatic carbocycles. The van der Waals surface area contributed by atoms with Crippen LogP contribution in [0, 0.1) is 0 Å². The summed E-state index contributed by atoms with van der Waals surface area (Å²) in [6.07, 6.45) is 3.54. The molecule has 1 aromatic heterocycles. The molecule has 0 aliphatic carbocycles. The highest BCUT2D eigenvalue weighted by atomic mass is 16.2. The van der Waals surface area contributed by atoms with E-state index in [-0.39, 0.29) is 30.2 Å². The van der Waals surface area contributed by atoms with Gasteiger partial charge in [-0.15, -0.1) is 0 Å². The third kappa shape index (κ3) is 6.64. The Morgan fingerprint density at radius 1 is 1.06 bits per heavy atom. The Labute approximate surface area is 183 Å². The van der Waals surface area contributed by atoms with Crippen molar-refractivity contribution in [2.24, 2.45) is 0 Å². The summed E-state index contributed by atoms with van der Waals surface area (Å²) in [5.41, 5.74) is 1.82. The maximum absolute atomic E-state index is 12.8. The van der Waals surface area contributed by atoms with Gasteiger partial charge in [0.25, 0.3) is 0 Å². The van der Waals surface area contributed by atoms with E-state index in [1.165, 1.54) is 6.92 Å². The predicted molar refractivity (Wildman–Crippen MR) is 118 cm³/mol. The van der Waals surface area contributed by atoms with Crippen molar-refractivity contribution < 1.29 is 14.4 Å². The van der Waals surface area contributed by atoms with Crippen LogP contribution in [0.4, 0.5) is 0 Å². The minimum atomic E-state index is -0.315. The fourth-order valence-electron chi connectivity index (χ4n) is 3.93. The molecule has 2 aromatic rings. The summed E-state index contributed by atoms with van der Waals surface area (Å²) in [6.45, 7) is 3.43. The van der Waals surface area contributed by atoms with Crippen LogP contribution >= 0.6 is 0 Å². The molecule has 1 fully saturated rings. The summed E-state index contributed by atoms with van der Waals surface area (Å²) in [5.74, 6) is -0.162. The highest BCUT2D eigenvalue weighted by Gasteiger charge is 2.26. The number of benzene rings is 1. The van der Waals surface area contributed by atoms with Gasteiger partial charge < -0.3 is 15.1 Å². The number of aryl methyl sites for hydroxylation is 1. The van der Waals surface area contributed by atoms with E-state index in [0.717, 1.165) is 11.3 Å². The summed E-state index contributed by atoms with van der Waals surface area (Å²) in [6, 6.07) is 15.0. The number of amides is 3. The van der Waals surface area contributed by atoms with Gasteiger partial charge in [0, 0.05) is 51.4 Å². The van der Waals surface area contributed by atoms with Gasteiger partial charge in [-0.2, -0.15) is 0 Å². The molecule has 2 heterocycles. The number of aromatic nitrogens is 1. The van der Waals surface area contributed by atoms with Crippen LogP contribution in [-0.4, -0.2) is 58.7 Å². The molecule has 1 atom stereocenters. The van der Waals surface area contributed by atoms with Crippen LogP contribution < -0.4 is 5.32 Å². The Kier molecular flexibility index (Phi) is 8.15. The van der Waals surface area contributed by atoms with Gasteiger partial charge in [-0.1, -0.05) is 36.4 Å². The zero-order chi connectivity index (χ0) is 22.1. The second-order valence-electron chi connectivity index (χ2n) is 7.75. The quantitative estimate of drug-likeness (QED) is 0.820. The maximum Gasteiger partial charge on any atom is 0.223 e. The molecule has 0 saturated carbocycles. The van der Waals surface area contributed by atoms with Gasteiger partial charge in [-0.05, 0) is 30.5 Å². The van der Waals surface area contributed by atoms with E-state index in [1.54, 1.807) is 16.0 Å². The van der Waals surface area contributed by atoms with Crippen LogP contribution in [0.25, 0.3) is 0 Å². The van der Waals surface area contributed by atoms with Crippen LogP contribution in [0.2, 0.25) is 0 Å². The molecule has 3 amide bonds. The lowest BCUT2D eigenvalue weighted by Gasteiger charge is -2.31. The summed E-state index contributed by atoms with van der Waals surface area (Å²) >= 11 is 0. The average molecular weight is 423 g/mol. The van der Waals surface area contributed by atoms with Crippen molar-refractivity contribution in [2.45, 2.75) is 38.6 Å². The number of carbonyl (C=O) groups excluding carboxylic acids is 3. The first-order valence-corrected chi connectivity index (χ1v) is 10.8. The molecule has 3 rings (SSSR count). The lowest BCUT2D eigenvalue weighted by atomic mass is 10.0. The van der Waals surface area contributed by atoms with Gasteiger partial charge in [0.1, 0.15) is 0 Å². The molecule has 7 nitrogen and oxygen atoms in total. The van der Waals surface area contributed by atoms with Crippen LogP contribution in [0.5, 0.6) is 0 Å². The lowest BCUT2D eigenvalue weighted by molar-refractivity contribution is -0.132. The van der Waals surface area contributed by atoms with E-state index < -0.39 is 0 Å². The largest absolute Gasteiger partial charge is 0.354 e. The van der Waals surface area contributed by atoms with Crippen LogP contribution in [-0.2, 0) is 20.8 Å². The molecular formula is C24H30N4O3. The minimum absolute atomic E-state index is 0.0353. The number of hydrogen-bond donors (Lipinski definition) is 1. The lowest BCUT2D eigenvalue weighted by Crippen LogP contribution is -2.39. The Bertz CT molecular complexity index is 873. The fourth-order valence-corrected chi connectivity index (χ4v) is 3.93. The number of carbonyl (C=O) groups is 3. The zero-order valence-electron chi connectivity index (χ0n) is 18.0. The van der Waals surface area contributed by atoms with Gasteiger partial charge in [0.2, 0.25) is 17.7 Å². The van der Waals surface area contributed by atoms with Crippen LogP contribution in [0.1, 0.15) is 43.5 Å². The van der Waals surface area contributed by atoms with Crippen LogP contribution in [0.15, 0.2) is 54.7 Å². The molecule has 31 heavy (non-hydrogen) atoms. The third-order valence-electron chi connectivity index (χ3n) is 5.55. The van der Waals surface area contributed by atoms with E-state index >= 15 is 0 Å². The molecule has 164 valence electrons. The van der Waals surface area contributed by atoms with Gasteiger partial charge in [0.05, 0.1) is 12.5 Å². The van der Waals surface area contributed by atoms with Crippen molar-refractivity contribution in [3.63, 3.8) is 0 Å². The Balaban J connectivity index is 1.68. The third-order valence-corrected chi connectivity index (χ3v) is 5.55. The van der Waals surface area contributed by atoms with Crippen molar-refractivity contribution in [1.29, 1.82) is 0 Å². The van der Waals surface area contributed by atoms with Crippen molar-refractivity contribution in [3.05, 3.63) is 66.0 Å². The summed E-state index contributed by atoms with van der Waals surface area (Å²) in [5, 5.41) is 2.91. The second-order valence-corrected chi connectivity index (χ2v) is 7.75. The normalized spacial score (nSPS) is 18.1. The summed E-state index contributed by atoms with van der Waals surface area (Å²) < 4.78 is 0. The average Bonchev–Trinajstić information content (AvgIpc) is 2.82. The zero-order valence-corrected chi connectivity index (χ0v) is 18.0. The molecular weight excluding hydrogens is 392 g/mol. The number of nitrogens with one attached hydrogen (secondary N) is 1. The van der Waals surface area contributed by atoms with Crippen molar-refractivity contribution >= 4 is 17.7 Å². The number of pyridine rings is 1. The van der Waals surface area contributed by atoms with Crippen molar-refractivity contribution in [2.75, 3.05) is 26.2 Å². The van der Waals surface area contributed by atoms with E-state index in [2.05, 4.69) is 10.3 Å². The molecule has 0 bridgehead atoms. The number of nitrogens with zero attached hydrogens (tertiary/aromatic N) is 3. The van der Waals surface area contributed by atoms with E-state index in [9.17, 15) is 14.4 Å². The topological polar surface area (TPSA) is 82.6 Å². The molecule has 1 saturated heterocycles. The highest BCUT2D eigenvalue weighted by Crippen LogP contribution is 2.25. The first kappa shape index (κ1) is 22.5. The number of rotatable bonds is 4. The number of hydrogen-bond acceptors (Lipinski definition) is 4. The van der Waals surface area contributed by atoms with Crippen molar-refractivity contribution in [3.8, 4) is 0 Å². The van der Waals surface area contributed by atoms with E-state index in [4.69, 9.17) is 0 Å². The van der Waals surface area contributed by atoms with E-state index in [0.29, 0.717) is 45.4 Å². The SMILES string of the molecule is CC(=O)N1CCCN(C(=O)CCc2ccccn2)CCNC(=O)CC1c1ccccc1. The Morgan fingerprint density at radius 3 is 2.55 bits per heavy atom. The molecule has 7 heteroatoms. The highest BCUT2D eigenvalue weighted by molar-refractivity contribution is 5.79. The molecule has 1 unspecified atom stereocenters. The summed E-state index contributed by atoms with van der Waals surface area (Å²) in [7, 11) is 0. The van der Waals surface area contributed by atoms with Gasteiger partial charge in [-0.3, -0.25) is 19.4 Å². The molecule has 0 radical (unpaired) electrons. The smallest absolute Gasteiger partial charge is 0.223 e. The minimum Gasteiger partial charge on any atom is -0.354 e. The molecule has 1 aliphatic rings.